The number of halogens is 2. The Kier molecular flexibility index (Phi) is 3.72. The molecule has 1 aromatic carbocycles. The molecule has 1 aromatic heterocycles. The van der Waals surface area contributed by atoms with Gasteiger partial charge in [0, 0.05) is 0 Å². The molecule has 0 saturated carbocycles. The Hall–Kier alpha value is -1.44. The Morgan fingerprint density at radius 2 is 2.18 bits per heavy atom. The Morgan fingerprint density at radius 1 is 1.35 bits per heavy atom. The smallest absolute Gasteiger partial charge is 0.159 e. The van der Waals surface area contributed by atoms with Crippen molar-refractivity contribution in [3.63, 3.8) is 0 Å². The molecule has 17 heavy (non-hydrogen) atoms. The van der Waals surface area contributed by atoms with Crippen molar-refractivity contribution in [3.05, 3.63) is 47.3 Å². The van der Waals surface area contributed by atoms with Crippen LogP contribution >= 0.6 is 11.7 Å². The number of nitrogens with one attached hydrogen (secondary N) is 1. The molecule has 1 heterocycles. The first kappa shape index (κ1) is 12.0. The molecule has 0 aliphatic rings. The number of hydrazine groups is 1. The number of nitrogens with two attached hydrogens (primary N) is 1. The average Bonchev–Trinajstić information content (AvgIpc) is 2.84. The summed E-state index contributed by atoms with van der Waals surface area (Å²) in [5.74, 6) is 3.67. The second kappa shape index (κ2) is 5.26. The lowest BCUT2D eigenvalue weighted by atomic mass is 10.0. The van der Waals surface area contributed by atoms with E-state index in [2.05, 4.69) is 14.2 Å². The number of aromatic nitrogens is 2. The number of nitrogens with zero attached hydrogens (tertiary/aromatic N) is 2. The summed E-state index contributed by atoms with van der Waals surface area (Å²) in [6.45, 7) is 0. The molecule has 0 bridgehead atoms. The maximum absolute atomic E-state index is 13.0. The van der Waals surface area contributed by atoms with E-state index in [1.807, 2.05) is 0 Å². The van der Waals surface area contributed by atoms with Crippen molar-refractivity contribution in [2.75, 3.05) is 0 Å². The van der Waals surface area contributed by atoms with E-state index in [1.165, 1.54) is 6.07 Å². The lowest BCUT2D eigenvalue weighted by molar-refractivity contribution is 0.501. The molecule has 0 aliphatic heterocycles. The molecule has 0 saturated heterocycles. The van der Waals surface area contributed by atoms with Crippen LogP contribution in [-0.4, -0.2) is 8.75 Å². The van der Waals surface area contributed by atoms with Crippen molar-refractivity contribution in [3.8, 4) is 0 Å². The molecule has 2 rings (SSSR count). The summed E-state index contributed by atoms with van der Waals surface area (Å²) in [5, 5.41) is 0. The molecule has 1 atom stereocenters. The molecule has 1 unspecified atom stereocenters. The number of hydrogen-bond acceptors (Lipinski definition) is 5. The SMILES string of the molecule is NNC(Cc1ccc(F)c(F)c1)c1cnsn1. The van der Waals surface area contributed by atoms with Crippen LogP contribution in [0.15, 0.2) is 24.4 Å². The highest BCUT2D eigenvalue weighted by Crippen LogP contribution is 2.17. The quantitative estimate of drug-likeness (QED) is 0.643. The first-order valence-corrected chi connectivity index (χ1v) is 5.61. The van der Waals surface area contributed by atoms with Gasteiger partial charge in [-0.2, -0.15) is 8.75 Å². The van der Waals surface area contributed by atoms with Crippen molar-refractivity contribution in [1.82, 2.24) is 14.2 Å². The van der Waals surface area contributed by atoms with E-state index >= 15 is 0 Å². The van der Waals surface area contributed by atoms with Gasteiger partial charge in [0.05, 0.1) is 29.7 Å². The second-order valence-electron chi connectivity index (χ2n) is 3.50. The van der Waals surface area contributed by atoms with Gasteiger partial charge >= 0.3 is 0 Å². The van der Waals surface area contributed by atoms with Crippen LogP contribution in [0, 0.1) is 11.6 Å². The molecule has 0 spiro atoms. The molecule has 3 N–H and O–H groups in total. The Bertz CT molecular complexity index is 489. The van der Waals surface area contributed by atoms with Gasteiger partial charge in [0.15, 0.2) is 11.6 Å². The van der Waals surface area contributed by atoms with Crippen molar-refractivity contribution < 1.29 is 8.78 Å². The fourth-order valence-electron chi connectivity index (χ4n) is 1.48. The summed E-state index contributed by atoms with van der Waals surface area (Å²) >= 11 is 1.07. The van der Waals surface area contributed by atoms with Crippen LogP contribution in [0.3, 0.4) is 0 Å². The molecule has 0 radical (unpaired) electrons. The third-order valence-electron chi connectivity index (χ3n) is 2.36. The van der Waals surface area contributed by atoms with Gasteiger partial charge in [-0.15, -0.1) is 0 Å². The second-order valence-corrected chi connectivity index (χ2v) is 4.06. The summed E-state index contributed by atoms with van der Waals surface area (Å²) in [4.78, 5) is 0. The van der Waals surface area contributed by atoms with E-state index < -0.39 is 11.6 Å². The number of rotatable bonds is 4. The van der Waals surface area contributed by atoms with Crippen molar-refractivity contribution in [2.24, 2.45) is 5.84 Å². The van der Waals surface area contributed by atoms with Crippen molar-refractivity contribution in [2.45, 2.75) is 12.5 Å². The molecule has 90 valence electrons. The predicted molar refractivity (Wildman–Crippen MR) is 60.0 cm³/mol. The first-order valence-electron chi connectivity index (χ1n) is 4.88. The topological polar surface area (TPSA) is 63.8 Å². The highest BCUT2D eigenvalue weighted by atomic mass is 32.1. The van der Waals surface area contributed by atoms with E-state index in [4.69, 9.17) is 5.84 Å². The van der Waals surface area contributed by atoms with Crippen LogP contribution in [0.5, 0.6) is 0 Å². The third kappa shape index (κ3) is 2.82. The first-order chi connectivity index (χ1) is 8.20. The van der Waals surface area contributed by atoms with Gasteiger partial charge in [-0.3, -0.25) is 11.3 Å². The Balaban J connectivity index is 2.16. The van der Waals surface area contributed by atoms with E-state index in [1.54, 1.807) is 6.20 Å². The predicted octanol–water partition coefficient (Wildman–Crippen LogP) is 1.56. The summed E-state index contributed by atoms with van der Waals surface area (Å²) < 4.78 is 33.7. The monoisotopic (exact) mass is 256 g/mol. The molecular formula is C10H10F2N4S. The minimum Gasteiger partial charge on any atom is -0.271 e. The van der Waals surface area contributed by atoms with Crippen molar-refractivity contribution in [1.29, 1.82) is 0 Å². The summed E-state index contributed by atoms with van der Waals surface area (Å²) in [5.41, 5.74) is 3.90. The van der Waals surface area contributed by atoms with Crippen LogP contribution in [0.4, 0.5) is 8.78 Å². The average molecular weight is 256 g/mol. The molecule has 7 heteroatoms. The number of hydrogen-bond donors (Lipinski definition) is 2. The highest BCUT2D eigenvalue weighted by molar-refractivity contribution is 6.99. The maximum Gasteiger partial charge on any atom is 0.159 e. The van der Waals surface area contributed by atoms with Crippen LogP contribution in [0.1, 0.15) is 17.3 Å². The molecule has 2 aromatic rings. The van der Waals surface area contributed by atoms with Gasteiger partial charge in [0.1, 0.15) is 0 Å². The molecule has 0 aliphatic carbocycles. The zero-order chi connectivity index (χ0) is 12.3. The third-order valence-corrected chi connectivity index (χ3v) is 2.85. The van der Waals surface area contributed by atoms with Gasteiger partial charge in [-0.1, -0.05) is 6.07 Å². The minimum atomic E-state index is -0.866. The fraction of sp³-hybridized carbons (Fsp3) is 0.200. The van der Waals surface area contributed by atoms with Gasteiger partial charge in [-0.25, -0.2) is 8.78 Å². The largest absolute Gasteiger partial charge is 0.271 e. The maximum atomic E-state index is 13.0. The van der Waals surface area contributed by atoms with E-state index in [-0.39, 0.29) is 6.04 Å². The summed E-state index contributed by atoms with van der Waals surface area (Å²) in [6, 6.07) is 3.50. The van der Waals surface area contributed by atoms with Gasteiger partial charge in [-0.05, 0) is 24.1 Å². The summed E-state index contributed by atoms with van der Waals surface area (Å²) in [6.07, 6.45) is 2.01. The standard InChI is InChI=1S/C10H10F2N4S/c11-7-2-1-6(3-8(7)12)4-9(15-13)10-5-14-17-16-10/h1-3,5,9,15H,4,13H2. The van der Waals surface area contributed by atoms with Gasteiger partial charge in [0.2, 0.25) is 0 Å². The zero-order valence-corrected chi connectivity index (χ0v) is 9.55. The molecule has 0 fully saturated rings. The number of benzene rings is 1. The zero-order valence-electron chi connectivity index (χ0n) is 8.73. The van der Waals surface area contributed by atoms with Crippen LogP contribution < -0.4 is 11.3 Å². The molecular weight excluding hydrogens is 246 g/mol. The lowest BCUT2D eigenvalue weighted by Crippen LogP contribution is -2.29. The Morgan fingerprint density at radius 3 is 2.76 bits per heavy atom. The fourth-order valence-corrected chi connectivity index (χ4v) is 1.95. The Labute approximate surface area is 101 Å². The van der Waals surface area contributed by atoms with Crippen LogP contribution in [0.25, 0.3) is 0 Å². The summed E-state index contributed by atoms with van der Waals surface area (Å²) in [7, 11) is 0. The van der Waals surface area contributed by atoms with Crippen LogP contribution in [0.2, 0.25) is 0 Å². The van der Waals surface area contributed by atoms with Gasteiger partial charge < -0.3 is 0 Å². The van der Waals surface area contributed by atoms with Crippen LogP contribution in [-0.2, 0) is 6.42 Å². The van der Waals surface area contributed by atoms with Gasteiger partial charge in [0.25, 0.3) is 0 Å². The molecule has 0 amide bonds. The minimum absolute atomic E-state index is 0.265. The van der Waals surface area contributed by atoms with E-state index in [9.17, 15) is 8.78 Å². The van der Waals surface area contributed by atoms with E-state index in [0.717, 1.165) is 23.9 Å². The van der Waals surface area contributed by atoms with E-state index in [0.29, 0.717) is 17.7 Å². The highest BCUT2D eigenvalue weighted by Gasteiger charge is 2.14. The van der Waals surface area contributed by atoms with Crippen molar-refractivity contribution >= 4 is 11.7 Å². The lowest BCUT2D eigenvalue weighted by Gasteiger charge is -2.12. The molecule has 4 nitrogen and oxygen atoms in total. The normalized spacial score (nSPS) is 12.6.